The summed E-state index contributed by atoms with van der Waals surface area (Å²) >= 11 is 5.07. The van der Waals surface area contributed by atoms with Crippen LogP contribution in [0.3, 0.4) is 0 Å². The molecule has 100 valence electrons. The van der Waals surface area contributed by atoms with Crippen molar-refractivity contribution >= 4 is 23.0 Å². The minimum atomic E-state index is 0.367. The van der Waals surface area contributed by atoms with Gasteiger partial charge in [0.25, 0.3) is 0 Å². The molecule has 2 heterocycles. The molecule has 0 radical (unpaired) electrons. The first-order chi connectivity index (χ1) is 9.09. The zero-order valence-electron chi connectivity index (χ0n) is 11.1. The molecule has 0 aromatic carbocycles. The van der Waals surface area contributed by atoms with Gasteiger partial charge in [-0.2, -0.15) is 5.10 Å². The van der Waals surface area contributed by atoms with Crippen molar-refractivity contribution in [1.82, 2.24) is 14.8 Å². The van der Waals surface area contributed by atoms with E-state index in [0.717, 1.165) is 35.7 Å². The number of rotatable bonds is 5. The molecule has 2 rings (SSSR count). The average molecular weight is 275 g/mol. The number of nitrogens with zero attached hydrogens (tertiary/aromatic N) is 3. The van der Waals surface area contributed by atoms with Gasteiger partial charge in [0.15, 0.2) is 0 Å². The third kappa shape index (κ3) is 3.08. The Kier molecular flexibility index (Phi) is 4.11. The third-order valence-electron chi connectivity index (χ3n) is 2.87. The summed E-state index contributed by atoms with van der Waals surface area (Å²) in [5.41, 5.74) is 8.45. The van der Waals surface area contributed by atoms with Gasteiger partial charge in [-0.05, 0) is 19.1 Å². The van der Waals surface area contributed by atoms with Gasteiger partial charge in [0.05, 0.1) is 11.3 Å². The topological polar surface area (TPSA) is 68.8 Å². The molecule has 0 fully saturated rings. The molecule has 0 aliphatic rings. The molecule has 0 saturated heterocycles. The number of aryl methyl sites for hydroxylation is 2. The highest BCUT2D eigenvalue weighted by molar-refractivity contribution is 7.80. The standard InChI is InChI=1S/C13H17N5S/c1-9-11(12(14)19)13(18(2)17-9)16-8-6-10-5-3-4-7-15-10/h3-5,7,16H,6,8H2,1-2H3,(H2,14,19). The van der Waals surface area contributed by atoms with Crippen molar-refractivity contribution in [3.63, 3.8) is 0 Å². The monoisotopic (exact) mass is 275 g/mol. The lowest BCUT2D eigenvalue weighted by Gasteiger charge is -2.08. The molecule has 0 atom stereocenters. The fraction of sp³-hybridized carbons (Fsp3) is 0.308. The summed E-state index contributed by atoms with van der Waals surface area (Å²) in [6.45, 7) is 2.66. The first kappa shape index (κ1) is 13.5. The zero-order chi connectivity index (χ0) is 13.8. The highest BCUT2D eigenvalue weighted by Crippen LogP contribution is 2.18. The maximum atomic E-state index is 5.74. The SMILES string of the molecule is Cc1nn(C)c(NCCc2ccccn2)c1C(N)=S. The van der Waals surface area contributed by atoms with Gasteiger partial charge in [-0.15, -0.1) is 0 Å². The molecule has 2 aromatic rings. The van der Waals surface area contributed by atoms with E-state index in [0.29, 0.717) is 4.99 Å². The van der Waals surface area contributed by atoms with E-state index < -0.39 is 0 Å². The van der Waals surface area contributed by atoms with Gasteiger partial charge in [0.2, 0.25) is 0 Å². The van der Waals surface area contributed by atoms with Gasteiger partial charge in [-0.25, -0.2) is 0 Å². The largest absolute Gasteiger partial charge is 0.389 e. The van der Waals surface area contributed by atoms with E-state index in [9.17, 15) is 0 Å². The number of hydrogen-bond acceptors (Lipinski definition) is 4. The van der Waals surface area contributed by atoms with E-state index in [2.05, 4.69) is 15.4 Å². The normalized spacial score (nSPS) is 10.4. The summed E-state index contributed by atoms with van der Waals surface area (Å²) in [5.74, 6) is 0.862. The Labute approximate surface area is 117 Å². The lowest BCUT2D eigenvalue weighted by Crippen LogP contribution is -2.16. The van der Waals surface area contributed by atoms with E-state index in [4.69, 9.17) is 18.0 Å². The van der Waals surface area contributed by atoms with E-state index in [1.54, 1.807) is 10.9 Å². The maximum Gasteiger partial charge on any atom is 0.134 e. The van der Waals surface area contributed by atoms with E-state index in [1.807, 2.05) is 32.2 Å². The molecule has 6 heteroatoms. The Morgan fingerprint density at radius 3 is 2.89 bits per heavy atom. The summed E-state index contributed by atoms with van der Waals surface area (Å²) < 4.78 is 1.77. The predicted molar refractivity (Wildman–Crippen MR) is 80.3 cm³/mol. The van der Waals surface area contributed by atoms with Crippen LogP contribution in [0.15, 0.2) is 24.4 Å². The van der Waals surface area contributed by atoms with Crippen LogP contribution in [0.5, 0.6) is 0 Å². The van der Waals surface area contributed by atoms with Crippen LogP contribution in [0.1, 0.15) is 17.0 Å². The Hall–Kier alpha value is -1.95. The van der Waals surface area contributed by atoms with Crippen molar-refractivity contribution < 1.29 is 0 Å². The van der Waals surface area contributed by atoms with Crippen molar-refractivity contribution in [3.05, 3.63) is 41.3 Å². The Morgan fingerprint density at radius 1 is 1.47 bits per heavy atom. The maximum absolute atomic E-state index is 5.74. The van der Waals surface area contributed by atoms with E-state index in [-0.39, 0.29) is 0 Å². The van der Waals surface area contributed by atoms with Crippen LogP contribution in [0.25, 0.3) is 0 Å². The van der Waals surface area contributed by atoms with Crippen LogP contribution in [-0.4, -0.2) is 26.3 Å². The number of thiocarbonyl (C=S) groups is 1. The second-order valence-electron chi connectivity index (χ2n) is 4.29. The van der Waals surface area contributed by atoms with Gasteiger partial charge in [-0.1, -0.05) is 18.3 Å². The summed E-state index contributed by atoms with van der Waals surface area (Å²) in [6.07, 6.45) is 2.63. The average Bonchev–Trinajstić information content (AvgIpc) is 2.65. The lowest BCUT2D eigenvalue weighted by atomic mass is 10.2. The molecule has 0 aliphatic heterocycles. The van der Waals surface area contributed by atoms with Crippen LogP contribution >= 0.6 is 12.2 Å². The molecule has 5 nitrogen and oxygen atoms in total. The molecule has 0 bridgehead atoms. The Morgan fingerprint density at radius 2 is 2.26 bits per heavy atom. The summed E-state index contributed by atoms with van der Waals surface area (Å²) in [5, 5.41) is 7.65. The Balaban J connectivity index is 2.06. The van der Waals surface area contributed by atoms with Gasteiger partial charge >= 0.3 is 0 Å². The number of nitrogens with two attached hydrogens (primary N) is 1. The third-order valence-corrected chi connectivity index (χ3v) is 3.07. The molecule has 0 saturated carbocycles. The van der Waals surface area contributed by atoms with Gasteiger partial charge in [0.1, 0.15) is 10.8 Å². The highest BCUT2D eigenvalue weighted by Gasteiger charge is 2.14. The van der Waals surface area contributed by atoms with Crippen molar-refractivity contribution in [2.75, 3.05) is 11.9 Å². The fourth-order valence-corrected chi connectivity index (χ4v) is 2.26. The number of nitrogens with one attached hydrogen (secondary N) is 1. The minimum absolute atomic E-state index is 0.367. The first-order valence-electron chi connectivity index (χ1n) is 6.06. The predicted octanol–water partition coefficient (Wildman–Crippen LogP) is 1.41. The van der Waals surface area contributed by atoms with Gasteiger partial charge in [-0.3, -0.25) is 9.67 Å². The number of aromatic nitrogens is 3. The first-order valence-corrected chi connectivity index (χ1v) is 6.47. The summed E-state index contributed by atoms with van der Waals surface area (Å²) in [7, 11) is 1.87. The quantitative estimate of drug-likeness (QED) is 0.808. The smallest absolute Gasteiger partial charge is 0.134 e. The number of pyridine rings is 1. The lowest BCUT2D eigenvalue weighted by molar-refractivity contribution is 0.756. The van der Waals surface area contributed by atoms with Crippen molar-refractivity contribution in [3.8, 4) is 0 Å². The van der Waals surface area contributed by atoms with E-state index >= 15 is 0 Å². The second-order valence-corrected chi connectivity index (χ2v) is 4.73. The molecule has 0 aliphatic carbocycles. The molecular formula is C13H17N5S. The Bertz CT molecular complexity index is 576. The van der Waals surface area contributed by atoms with Crippen LogP contribution in [0.4, 0.5) is 5.82 Å². The second kappa shape index (κ2) is 5.79. The molecule has 3 N–H and O–H groups in total. The summed E-state index contributed by atoms with van der Waals surface area (Å²) in [6, 6.07) is 5.90. The molecule has 0 amide bonds. The van der Waals surface area contributed by atoms with Crippen LogP contribution < -0.4 is 11.1 Å². The van der Waals surface area contributed by atoms with Crippen LogP contribution in [0.2, 0.25) is 0 Å². The molecule has 2 aromatic heterocycles. The zero-order valence-corrected chi connectivity index (χ0v) is 11.9. The van der Waals surface area contributed by atoms with E-state index in [1.165, 1.54) is 0 Å². The van der Waals surface area contributed by atoms with Gasteiger partial charge in [0, 0.05) is 31.9 Å². The van der Waals surface area contributed by atoms with Crippen molar-refractivity contribution in [2.45, 2.75) is 13.3 Å². The number of anilines is 1. The van der Waals surface area contributed by atoms with Crippen molar-refractivity contribution in [2.24, 2.45) is 12.8 Å². The highest BCUT2D eigenvalue weighted by atomic mass is 32.1. The number of hydrogen-bond donors (Lipinski definition) is 2. The molecular weight excluding hydrogens is 258 g/mol. The summed E-state index contributed by atoms with van der Waals surface area (Å²) in [4.78, 5) is 4.65. The van der Waals surface area contributed by atoms with Crippen molar-refractivity contribution in [1.29, 1.82) is 0 Å². The minimum Gasteiger partial charge on any atom is -0.389 e. The molecule has 19 heavy (non-hydrogen) atoms. The fourth-order valence-electron chi connectivity index (χ4n) is 2.01. The van der Waals surface area contributed by atoms with Crippen LogP contribution in [0, 0.1) is 6.92 Å². The van der Waals surface area contributed by atoms with Gasteiger partial charge < -0.3 is 11.1 Å². The van der Waals surface area contributed by atoms with Crippen LogP contribution in [-0.2, 0) is 13.5 Å². The molecule has 0 spiro atoms. The molecule has 0 unspecified atom stereocenters.